The Balaban J connectivity index is 1.69. The number of aromatic nitrogens is 2. The van der Waals surface area contributed by atoms with Crippen molar-refractivity contribution in [3.8, 4) is 11.1 Å². The number of rotatable bonds is 3. The number of imidazole rings is 1. The molecule has 0 amide bonds. The molecule has 4 rings (SSSR count). The third-order valence-corrected chi connectivity index (χ3v) is 4.92. The van der Waals surface area contributed by atoms with Gasteiger partial charge in [-0.2, -0.15) is 0 Å². The van der Waals surface area contributed by atoms with Crippen LogP contribution in [0.4, 0.5) is 5.69 Å². The summed E-state index contributed by atoms with van der Waals surface area (Å²) >= 11 is 6.10. The highest BCUT2D eigenvalue weighted by Crippen LogP contribution is 2.36. The highest BCUT2D eigenvalue weighted by molar-refractivity contribution is 6.29. The Labute approximate surface area is 141 Å². The predicted molar refractivity (Wildman–Crippen MR) is 94.9 cm³/mol. The molecule has 1 aliphatic rings. The maximum atomic E-state index is 6.10. The van der Waals surface area contributed by atoms with Gasteiger partial charge in [0, 0.05) is 19.3 Å². The lowest BCUT2D eigenvalue weighted by Gasteiger charge is -2.19. The Morgan fingerprint density at radius 3 is 2.65 bits per heavy atom. The first-order valence-electron chi connectivity index (χ1n) is 7.82. The van der Waals surface area contributed by atoms with Crippen molar-refractivity contribution in [2.45, 2.75) is 13.0 Å². The lowest BCUT2D eigenvalue weighted by molar-refractivity contribution is 0.735. The molecule has 2 aromatic carbocycles. The lowest BCUT2D eigenvalue weighted by atomic mass is 9.98. The van der Waals surface area contributed by atoms with Gasteiger partial charge in [-0.1, -0.05) is 54.1 Å². The van der Waals surface area contributed by atoms with Crippen LogP contribution in [0.3, 0.4) is 0 Å². The average molecular weight is 324 g/mol. The van der Waals surface area contributed by atoms with Crippen LogP contribution in [0.5, 0.6) is 0 Å². The minimum absolute atomic E-state index is 0.678. The van der Waals surface area contributed by atoms with Crippen LogP contribution >= 0.6 is 11.6 Å². The number of hydrogen-bond donors (Lipinski definition) is 0. The second-order valence-corrected chi connectivity index (χ2v) is 6.28. The third kappa shape index (κ3) is 2.51. The van der Waals surface area contributed by atoms with Crippen molar-refractivity contribution in [2.75, 3.05) is 11.4 Å². The summed E-state index contributed by atoms with van der Waals surface area (Å²) in [7, 11) is 1.96. The molecule has 0 atom stereocenters. The quantitative estimate of drug-likeness (QED) is 0.716. The fraction of sp³-hybridized carbons (Fsp3) is 0.211. The maximum absolute atomic E-state index is 6.10. The number of halogens is 1. The van der Waals surface area contributed by atoms with Gasteiger partial charge in [-0.25, -0.2) is 4.98 Å². The first-order chi connectivity index (χ1) is 11.2. The molecule has 4 heteroatoms. The smallest absolute Gasteiger partial charge is 0.129 e. The fourth-order valence-electron chi connectivity index (χ4n) is 3.30. The summed E-state index contributed by atoms with van der Waals surface area (Å²) in [5.41, 5.74) is 5.36. The van der Waals surface area contributed by atoms with E-state index in [1.54, 1.807) is 6.20 Å². The third-order valence-electron chi connectivity index (χ3n) is 4.57. The molecule has 0 unspecified atom stereocenters. The highest BCUT2D eigenvalue weighted by Gasteiger charge is 2.23. The summed E-state index contributed by atoms with van der Waals surface area (Å²) in [4.78, 5) is 6.81. The van der Waals surface area contributed by atoms with E-state index in [1.165, 1.54) is 22.4 Å². The van der Waals surface area contributed by atoms with Crippen LogP contribution in [0.2, 0.25) is 5.15 Å². The summed E-state index contributed by atoms with van der Waals surface area (Å²) in [6, 6.07) is 17.2. The zero-order valence-corrected chi connectivity index (χ0v) is 13.8. The second-order valence-electron chi connectivity index (χ2n) is 5.90. The molecule has 0 spiro atoms. The van der Waals surface area contributed by atoms with Crippen LogP contribution in [0.1, 0.15) is 11.4 Å². The largest absolute Gasteiger partial charge is 0.363 e. The molecule has 3 aromatic rings. The fourth-order valence-corrected chi connectivity index (χ4v) is 3.44. The van der Waals surface area contributed by atoms with E-state index in [0.29, 0.717) is 5.15 Å². The predicted octanol–water partition coefficient (Wildman–Crippen LogP) is 4.30. The second kappa shape index (κ2) is 5.74. The van der Waals surface area contributed by atoms with E-state index in [4.69, 9.17) is 11.6 Å². The molecule has 0 saturated carbocycles. The molecule has 0 radical (unpaired) electrons. The number of nitrogens with zero attached hydrogens (tertiary/aromatic N) is 3. The van der Waals surface area contributed by atoms with E-state index in [1.807, 2.05) is 11.6 Å². The summed E-state index contributed by atoms with van der Waals surface area (Å²) in [5, 5.41) is 0.678. The van der Waals surface area contributed by atoms with Crippen LogP contribution in [-0.2, 0) is 20.0 Å². The Morgan fingerprint density at radius 1 is 1.09 bits per heavy atom. The summed E-state index contributed by atoms with van der Waals surface area (Å²) in [5.74, 6) is 0.993. The molecule has 1 aliphatic heterocycles. The van der Waals surface area contributed by atoms with Crippen molar-refractivity contribution in [3.63, 3.8) is 0 Å². The van der Waals surface area contributed by atoms with Crippen molar-refractivity contribution in [3.05, 3.63) is 71.3 Å². The van der Waals surface area contributed by atoms with E-state index >= 15 is 0 Å². The summed E-state index contributed by atoms with van der Waals surface area (Å²) < 4.78 is 1.95. The maximum Gasteiger partial charge on any atom is 0.129 e. The van der Waals surface area contributed by atoms with Crippen LogP contribution in [0.25, 0.3) is 11.1 Å². The van der Waals surface area contributed by atoms with Crippen LogP contribution < -0.4 is 4.90 Å². The molecule has 2 heterocycles. The van der Waals surface area contributed by atoms with Gasteiger partial charge < -0.3 is 9.47 Å². The first kappa shape index (κ1) is 14.3. The van der Waals surface area contributed by atoms with Crippen molar-refractivity contribution < 1.29 is 0 Å². The Morgan fingerprint density at radius 2 is 1.91 bits per heavy atom. The number of hydrogen-bond acceptors (Lipinski definition) is 2. The minimum atomic E-state index is 0.678. The molecular formula is C19H18ClN3. The molecule has 0 aliphatic carbocycles. The zero-order chi connectivity index (χ0) is 15.8. The van der Waals surface area contributed by atoms with Gasteiger partial charge in [0.1, 0.15) is 11.0 Å². The number of anilines is 1. The summed E-state index contributed by atoms with van der Waals surface area (Å²) in [6.07, 6.45) is 2.78. The number of fused-ring (bicyclic) bond motifs is 1. The van der Waals surface area contributed by atoms with Crippen molar-refractivity contribution in [1.29, 1.82) is 0 Å². The van der Waals surface area contributed by atoms with Crippen LogP contribution in [0, 0.1) is 0 Å². The van der Waals surface area contributed by atoms with E-state index in [-0.39, 0.29) is 0 Å². The average Bonchev–Trinajstić information content (AvgIpc) is 3.14. The van der Waals surface area contributed by atoms with Crippen molar-refractivity contribution in [2.24, 2.45) is 7.05 Å². The Kier molecular flexibility index (Phi) is 3.58. The molecule has 3 nitrogen and oxygen atoms in total. The number of benzene rings is 2. The SMILES string of the molecule is Cn1c(Cl)cnc1CN1CCc2c(-c3ccccc3)cccc21. The lowest BCUT2D eigenvalue weighted by Crippen LogP contribution is -2.21. The molecule has 0 N–H and O–H groups in total. The standard InChI is InChI=1S/C19H18ClN3/c1-22-18(20)12-21-19(22)13-23-11-10-16-15(8-5-9-17(16)23)14-6-3-2-4-7-14/h2-9,12H,10-11,13H2,1H3. The van der Waals surface area contributed by atoms with Crippen LogP contribution in [-0.4, -0.2) is 16.1 Å². The van der Waals surface area contributed by atoms with E-state index in [2.05, 4.69) is 58.4 Å². The minimum Gasteiger partial charge on any atom is -0.363 e. The van der Waals surface area contributed by atoms with E-state index < -0.39 is 0 Å². The molecule has 23 heavy (non-hydrogen) atoms. The van der Waals surface area contributed by atoms with Gasteiger partial charge in [-0.3, -0.25) is 0 Å². The molecule has 0 saturated heterocycles. The van der Waals surface area contributed by atoms with Crippen LogP contribution in [0.15, 0.2) is 54.7 Å². The Bertz CT molecular complexity index is 839. The van der Waals surface area contributed by atoms with E-state index in [9.17, 15) is 0 Å². The molecule has 0 fully saturated rings. The highest BCUT2D eigenvalue weighted by atomic mass is 35.5. The molecular weight excluding hydrogens is 306 g/mol. The zero-order valence-electron chi connectivity index (χ0n) is 13.0. The van der Waals surface area contributed by atoms with Gasteiger partial charge in [0.25, 0.3) is 0 Å². The van der Waals surface area contributed by atoms with Gasteiger partial charge in [0.15, 0.2) is 0 Å². The van der Waals surface area contributed by atoms with Crippen molar-refractivity contribution >= 4 is 17.3 Å². The molecule has 0 bridgehead atoms. The normalized spacial score (nSPS) is 13.4. The van der Waals surface area contributed by atoms with Gasteiger partial charge in [-0.05, 0) is 29.2 Å². The summed E-state index contributed by atoms with van der Waals surface area (Å²) in [6.45, 7) is 1.80. The van der Waals surface area contributed by atoms with Gasteiger partial charge in [-0.15, -0.1) is 0 Å². The van der Waals surface area contributed by atoms with E-state index in [0.717, 1.165) is 25.3 Å². The van der Waals surface area contributed by atoms with Gasteiger partial charge in [0.2, 0.25) is 0 Å². The first-order valence-corrected chi connectivity index (χ1v) is 8.20. The molecule has 1 aromatic heterocycles. The van der Waals surface area contributed by atoms with Gasteiger partial charge >= 0.3 is 0 Å². The Hall–Kier alpha value is -2.26. The monoisotopic (exact) mass is 323 g/mol. The van der Waals surface area contributed by atoms with Crippen molar-refractivity contribution in [1.82, 2.24) is 9.55 Å². The molecule has 116 valence electrons. The van der Waals surface area contributed by atoms with Gasteiger partial charge in [0.05, 0.1) is 12.7 Å². The topological polar surface area (TPSA) is 21.1 Å².